The van der Waals surface area contributed by atoms with E-state index < -0.39 is 6.10 Å². The van der Waals surface area contributed by atoms with E-state index in [0.29, 0.717) is 24.2 Å². The summed E-state index contributed by atoms with van der Waals surface area (Å²) in [6.45, 7) is 5.92. The Kier molecular flexibility index (Phi) is 4.63. The summed E-state index contributed by atoms with van der Waals surface area (Å²) in [6.07, 6.45) is 0.188. The molecule has 4 nitrogen and oxygen atoms in total. The van der Waals surface area contributed by atoms with Gasteiger partial charge in [-0.3, -0.25) is 0 Å². The average Bonchev–Trinajstić information content (AvgIpc) is 2.32. The van der Waals surface area contributed by atoms with E-state index in [9.17, 15) is 15.3 Å². The highest BCUT2D eigenvalue weighted by Crippen LogP contribution is 2.38. The number of aliphatic hydroxyl groups excluding tert-OH is 1. The largest absolute Gasteiger partial charge is 0.508 e. The van der Waals surface area contributed by atoms with Gasteiger partial charge in [0.2, 0.25) is 0 Å². The molecule has 1 aliphatic heterocycles. The fraction of sp³-hybridized carbons (Fsp3) is 0.538. The normalized spacial score (nSPS) is 21.9. The predicted octanol–water partition coefficient (Wildman–Crippen LogP) is 2.20. The van der Waals surface area contributed by atoms with Crippen molar-refractivity contribution in [3.8, 4) is 17.2 Å². The number of aromatic hydroxyl groups is 2. The molecular formula is C13H20O4. The molecule has 96 valence electrons. The number of rotatable bonds is 1. The molecule has 0 saturated heterocycles. The van der Waals surface area contributed by atoms with E-state index in [4.69, 9.17) is 4.74 Å². The molecule has 1 heterocycles. The quantitative estimate of drug-likeness (QED) is 0.703. The molecule has 3 N–H and O–H groups in total. The molecule has 17 heavy (non-hydrogen) atoms. The second kappa shape index (κ2) is 5.77. The molecule has 2 unspecified atom stereocenters. The van der Waals surface area contributed by atoms with Gasteiger partial charge in [-0.1, -0.05) is 20.8 Å². The van der Waals surface area contributed by atoms with E-state index in [0.717, 1.165) is 0 Å². The van der Waals surface area contributed by atoms with Crippen LogP contribution in [0.25, 0.3) is 0 Å². The summed E-state index contributed by atoms with van der Waals surface area (Å²) in [5.74, 6) is 0.403. The first-order valence-electron chi connectivity index (χ1n) is 6.01. The Bertz CT molecular complexity index is 376. The van der Waals surface area contributed by atoms with Gasteiger partial charge in [-0.05, 0) is 6.42 Å². The van der Waals surface area contributed by atoms with E-state index in [1.165, 1.54) is 12.1 Å². The lowest BCUT2D eigenvalue weighted by Crippen LogP contribution is -2.36. The smallest absolute Gasteiger partial charge is 0.130 e. The van der Waals surface area contributed by atoms with Crippen molar-refractivity contribution in [2.24, 2.45) is 0 Å². The Morgan fingerprint density at radius 1 is 1.29 bits per heavy atom. The maximum atomic E-state index is 9.71. The third-order valence-corrected chi connectivity index (χ3v) is 2.69. The molecule has 0 saturated carbocycles. The maximum Gasteiger partial charge on any atom is 0.130 e. The standard InChI is InChI=1S/C11H14O4.C2H6/c1-2-10-9(14)5-7-8(13)3-6(12)4-11(7)15-10;1-2/h3-4,9-10,12-14H,2,5H2,1H3;1-2H3. The van der Waals surface area contributed by atoms with Crippen LogP contribution in [-0.2, 0) is 6.42 Å². The van der Waals surface area contributed by atoms with Gasteiger partial charge in [0.05, 0.1) is 6.10 Å². The molecule has 1 aromatic carbocycles. The second-order valence-corrected chi connectivity index (χ2v) is 3.78. The van der Waals surface area contributed by atoms with Crippen LogP contribution >= 0.6 is 0 Å². The molecule has 1 aromatic rings. The minimum atomic E-state index is -0.599. The monoisotopic (exact) mass is 240 g/mol. The molecular weight excluding hydrogens is 220 g/mol. The van der Waals surface area contributed by atoms with Gasteiger partial charge in [0, 0.05) is 24.1 Å². The molecule has 0 bridgehead atoms. The molecule has 0 spiro atoms. The van der Waals surface area contributed by atoms with Crippen molar-refractivity contribution in [2.75, 3.05) is 0 Å². The lowest BCUT2D eigenvalue weighted by Gasteiger charge is -2.30. The third-order valence-electron chi connectivity index (χ3n) is 2.69. The topological polar surface area (TPSA) is 69.9 Å². The van der Waals surface area contributed by atoms with Crippen LogP contribution in [0.3, 0.4) is 0 Å². The summed E-state index contributed by atoms with van der Waals surface area (Å²) in [6, 6.07) is 2.71. The summed E-state index contributed by atoms with van der Waals surface area (Å²) in [7, 11) is 0. The van der Waals surface area contributed by atoms with Crippen LogP contribution in [0.1, 0.15) is 32.8 Å². The van der Waals surface area contributed by atoms with Crippen LogP contribution in [0.2, 0.25) is 0 Å². The number of ether oxygens (including phenoxy) is 1. The van der Waals surface area contributed by atoms with Crippen LogP contribution in [0, 0.1) is 0 Å². The van der Waals surface area contributed by atoms with Crippen LogP contribution in [0.5, 0.6) is 17.2 Å². The Balaban J connectivity index is 0.000000686. The van der Waals surface area contributed by atoms with Gasteiger partial charge in [-0.2, -0.15) is 0 Å². The zero-order chi connectivity index (χ0) is 13.0. The summed E-state index contributed by atoms with van der Waals surface area (Å²) < 4.78 is 5.48. The van der Waals surface area contributed by atoms with E-state index in [-0.39, 0.29) is 17.6 Å². The van der Waals surface area contributed by atoms with Crippen LogP contribution < -0.4 is 4.74 Å². The summed E-state index contributed by atoms with van der Waals surface area (Å²) in [5.41, 5.74) is 0.560. The van der Waals surface area contributed by atoms with Gasteiger partial charge >= 0.3 is 0 Å². The Labute approximate surface area is 101 Å². The van der Waals surface area contributed by atoms with Crippen molar-refractivity contribution in [3.63, 3.8) is 0 Å². The second-order valence-electron chi connectivity index (χ2n) is 3.78. The van der Waals surface area contributed by atoms with Crippen molar-refractivity contribution >= 4 is 0 Å². The summed E-state index contributed by atoms with van der Waals surface area (Å²) in [4.78, 5) is 0. The predicted molar refractivity (Wildman–Crippen MR) is 65.5 cm³/mol. The van der Waals surface area contributed by atoms with Gasteiger partial charge in [0.25, 0.3) is 0 Å². The maximum absolute atomic E-state index is 9.71. The number of hydrogen-bond donors (Lipinski definition) is 3. The van der Waals surface area contributed by atoms with E-state index in [2.05, 4.69) is 0 Å². The number of phenolic OH excluding ortho intramolecular Hbond substituents is 2. The van der Waals surface area contributed by atoms with Crippen LogP contribution in [0.15, 0.2) is 12.1 Å². The van der Waals surface area contributed by atoms with Gasteiger partial charge in [0.15, 0.2) is 0 Å². The summed E-state index contributed by atoms with van der Waals surface area (Å²) >= 11 is 0. The van der Waals surface area contributed by atoms with E-state index in [1.54, 1.807) is 0 Å². The summed E-state index contributed by atoms with van der Waals surface area (Å²) in [5, 5.41) is 28.6. The van der Waals surface area contributed by atoms with Crippen LogP contribution in [-0.4, -0.2) is 27.5 Å². The highest BCUT2D eigenvalue weighted by Gasteiger charge is 2.29. The molecule has 0 radical (unpaired) electrons. The molecule has 0 aliphatic carbocycles. The minimum absolute atomic E-state index is 0.0291. The minimum Gasteiger partial charge on any atom is -0.508 e. The highest BCUT2D eigenvalue weighted by atomic mass is 16.5. The Hall–Kier alpha value is -1.42. The molecule has 0 aromatic heterocycles. The molecule has 2 atom stereocenters. The van der Waals surface area contributed by atoms with Gasteiger partial charge in [-0.25, -0.2) is 0 Å². The lowest BCUT2D eigenvalue weighted by atomic mass is 9.97. The highest BCUT2D eigenvalue weighted by molar-refractivity contribution is 5.50. The SMILES string of the molecule is CC.CCC1Oc2cc(O)cc(O)c2CC1O. The molecule has 1 aliphatic rings. The molecule has 4 heteroatoms. The number of benzene rings is 1. The number of aliphatic hydroxyl groups is 1. The fourth-order valence-electron chi connectivity index (χ4n) is 1.86. The van der Waals surface area contributed by atoms with Crippen molar-refractivity contribution in [1.82, 2.24) is 0 Å². The third kappa shape index (κ3) is 2.82. The lowest BCUT2D eigenvalue weighted by molar-refractivity contribution is 0.0190. The molecule has 0 amide bonds. The first-order chi connectivity index (χ1) is 8.11. The van der Waals surface area contributed by atoms with Gasteiger partial charge in [0.1, 0.15) is 23.4 Å². The van der Waals surface area contributed by atoms with Gasteiger partial charge in [-0.15, -0.1) is 0 Å². The van der Waals surface area contributed by atoms with E-state index >= 15 is 0 Å². The van der Waals surface area contributed by atoms with Crippen LogP contribution in [0.4, 0.5) is 0 Å². The average molecular weight is 240 g/mol. The molecule has 2 rings (SSSR count). The van der Waals surface area contributed by atoms with Crippen molar-refractivity contribution < 1.29 is 20.1 Å². The fourth-order valence-corrected chi connectivity index (χ4v) is 1.86. The number of hydrogen-bond acceptors (Lipinski definition) is 4. The van der Waals surface area contributed by atoms with Crippen molar-refractivity contribution in [2.45, 2.75) is 45.8 Å². The molecule has 0 fully saturated rings. The van der Waals surface area contributed by atoms with Crippen molar-refractivity contribution in [3.05, 3.63) is 17.7 Å². The first-order valence-corrected chi connectivity index (χ1v) is 6.01. The zero-order valence-corrected chi connectivity index (χ0v) is 10.5. The van der Waals surface area contributed by atoms with E-state index in [1.807, 2.05) is 20.8 Å². The number of fused-ring (bicyclic) bond motifs is 1. The first kappa shape index (κ1) is 13.6. The Morgan fingerprint density at radius 3 is 2.53 bits per heavy atom. The Morgan fingerprint density at radius 2 is 1.94 bits per heavy atom. The van der Waals surface area contributed by atoms with Gasteiger partial charge < -0.3 is 20.1 Å². The number of phenols is 2. The zero-order valence-electron chi connectivity index (χ0n) is 10.5. The van der Waals surface area contributed by atoms with Crippen molar-refractivity contribution in [1.29, 1.82) is 0 Å².